The van der Waals surface area contributed by atoms with E-state index in [1.54, 1.807) is 5.01 Å². The second-order valence-corrected chi connectivity index (χ2v) is 5.72. The van der Waals surface area contributed by atoms with Gasteiger partial charge in [0.25, 0.3) is 0 Å². The molecule has 0 unspecified atom stereocenters. The van der Waals surface area contributed by atoms with Crippen molar-refractivity contribution in [3.8, 4) is 0 Å². The van der Waals surface area contributed by atoms with E-state index in [0.717, 1.165) is 15.7 Å². The van der Waals surface area contributed by atoms with Crippen LogP contribution >= 0.6 is 15.9 Å². The highest BCUT2D eigenvalue weighted by atomic mass is 79.9. The molecule has 0 spiro atoms. The molecular weight excluding hydrogens is 332 g/mol. The zero-order valence-corrected chi connectivity index (χ0v) is 12.7. The van der Waals surface area contributed by atoms with Crippen molar-refractivity contribution in [3.63, 3.8) is 0 Å². The molecule has 0 saturated carbocycles. The molecule has 0 radical (unpaired) electrons. The Morgan fingerprint density at radius 3 is 2.43 bits per heavy atom. The van der Waals surface area contributed by atoms with Crippen LogP contribution in [0.1, 0.15) is 18.0 Å². The van der Waals surface area contributed by atoms with Gasteiger partial charge in [-0.25, -0.2) is 4.79 Å². The lowest BCUT2D eigenvalue weighted by molar-refractivity contribution is -0.129. The SMILES string of the molecule is O=C(O)C1=NN(c2ccc(Br)cc2)[C@H](c2ccccc2)C1. The van der Waals surface area contributed by atoms with Crippen molar-refractivity contribution in [1.29, 1.82) is 0 Å². The number of hydrazone groups is 1. The van der Waals surface area contributed by atoms with E-state index in [9.17, 15) is 9.90 Å². The Balaban J connectivity index is 2.00. The maximum Gasteiger partial charge on any atom is 0.352 e. The summed E-state index contributed by atoms with van der Waals surface area (Å²) in [6, 6.07) is 17.5. The van der Waals surface area contributed by atoms with Crippen molar-refractivity contribution in [2.24, 2.45) is 5.10 Å². The zero-order chi connectivity index (χ0) is 14.8. The van der Waals surface area contributed by atoms with Gasteiger partial charge in [-0.3, -0.25) is 5.01 Å². The third-order valence-electron chi connectivity index (χ3n) is 3.43. The molecule has 1 atom stereocenters. The summed E-state index contributed by atoms with van der Waals surface area (Å²) in [6.45, 7) is 0. The molecule has 2 aromatic rings. The lowest BCUT2D eigenvalue weighted by atomic mass is 10.0. The number of benzene rings is 2. The van der Waals surface area contributed by atoms with E-state index >= 15 is 0 Å². The van der Waals surface area contributed by atoms with Crippen LogP contribution in [0.25, 0.3) is 0 Å². The number of anilines is 1. The molecule has 0 aliphatic carbocycles. The first-order chi connectivity index (χ1) is 10.1. The summed E-state index contributed by atoms with van der Waals surface area (Å²) < 4.78 is 0.976. The minimum absolute atomic E-state index is 0.0847. The first-order valence-corrected chi connectivity index (χ1v) is 7.35. The summed E-state index contributed by atoms with van der Waals surface area (Å²) in [4.78, 5) is 11.2. The number of carboxylic acids is 1. The summed E-state index contributed by atoms with van der Waals surface area (Å²) in [5.41, 5.74) is 2.12. The Kier molecular flexibility index (Phi) is 3.75. The first-order valence-electron chi connectivity index (χ1n) is 6.55. The number of hydrogen-bond donors (Lipinski definition) is 1. The molecular formula is C16H13BrN2O2. The molecule has 0 aromatic heterocycles. The van der Waals surface area contributed by atoms with Crippen LogP contribution in [0.2, 0.25) is 0 Å². The van der Waals surface area contributed by atoms with Gasteiger partial charge < -0.3 is 5.11 Å². The van der Waals surface area contributed by atoms with Crippen molar-refractivity contribution in [2.75, 3.05) is 5.01 Å². The molecule has 1 aliphatic heterocycles. The third kappa shape index (κ3) is 2.83. The van der Waals surface area contributed by atoms with E-state index in [4.69, 9.17) is 0 Å². The topological polar surface area (TPSA) is 52.9 Å². The van der Waals surface area contributed by atoms with Crippen LogP contribution in [0, 0.1) is 0 Å². The molecule has 0 amide bonds. The standard InChI is InChI=1S/C16H13BrN2O2/c17-12-6-8-13(9-7-12)19-15(10-14(18-19)16(20)21)11-4-2-1-3-5-11/h1-9,15H,10H2,(H,20,21)/t15-/m0/s1. The average Bonchev–Trinajstić information content (AvgIpc) is 2.94. The maximum absolute atomic E-state index is 11.2. The quantitative estimate of drug-likeness (QED) is 0.920. The number of carboxylic acid groups (broad SMARTS) is 1. The second-order valence-electron chi connectivity index (χ2n) is 4.80. The van der Waals surface area contributed by atoms with Gasteiger partial charge in [0.1, 0.15) is 5.71 Å². The van der Waals surface area contributed by atoms with Gasteiger partial charge >= 0.3 is 5.97 Å². The van der Waals surface area contributed by atoms with Crippen molar-refractivity contribution in [3.05, 3.63) is 64.6 Å². The largest absolute Gasteiger partial charge is 0.477 e. The van der Waals surface area contributed by atoms with Crippen LogP contribution in [0.5, 0.6) is 0 Å². The van der Waals surface area contributed by atoms with Gasteiger partial charge in [-0.2, -0.15) is 5.10 Å². The smallest absolute Gasteiger partial charge is 0.352 e. The van der Waals surface area contributed by atoms with E-state index in [-0.39, 0.29) is 11.8 Å². The van der Waals surface area contributed by atoms with Gasteiger partial charge in [0, 0.05) is 10.9 Å². The fraction of sp³-hybridized carbons (Fsp3) is 0.125. The van der Waals surface area contributed by atoms with Crippen LogP contribution in [0.4, 0.5) is 5.69 Å². The Hall–Kier alpha value is -2.14. The molecule has 106 valence electrons. The summed E-state index contributed by atoms with van der Waals surface area (Å²) in [5.74, 6) is -0.962. The Morgan fingerprint density at radius 1 is 1.14 bits per heavy atom. The van der Waals surface area contributed by atoms with Crippen LogP contribution in [0.3, 0.4) is 0 Å². The average molecular weight is 345 g/mol. The lowest BCUT2D eigenvalue weighted by Gasteiger charge is -2.24. The Bertz CT molecular complexity index is 683. The number of halogens is 1. The molecule has 1 N–H and O–H groups in total. The lowest BCUT2D eigenvalue weighted by Crippen LogP contribution is -2.18. The van der Waals surface area contributed by atoms with Gasteiger partial charge in [-0.05, 0) is 29.8 Å². The molecule has 1 aliphatic rings. The number of nitrogens with zero attached hydrogens (tertiary/aromatic N) is 2. The van der Waals surface area contributed by atoms with Crippen LogP contribution in [-0.4, -0.2) is 16.8 Å². The predicted molar refractivity (Wildman–Crippen MR) is 85.5 cm³/mol. The normalized spacial score (nSPS) is 17.7. The number of carbonyl (C=O) groups is 1. The number of rotatable bonds is 3. The van der Waals surface area contributed by atoms with E-state index in [1.165, 1.54) is 0 Å². The minimum Gasteiger partial charge on any atom is -0.477 e. The summed E-state index contributed by atoms with van der Waals surface area (Å²) >= 11 is 3.40. The molecule has 4 nitrogen and oxygen atoms in total. The van der Waals surface area contributed by atoms with Crippen molar-refractivity contribution in [2.45, 2.75) is 12.5 Å². The number of aliphatic carboxylic acids is 1. The van der Waals surface area contributed by atoms with Gasteiger partial charge in [-0.1, -0.05) is 46.3 Å². The Labute approximate surface area is 130 Å². The predicted octanol–water partition coefficient (Wildman–Crippen LogP) is 3.84. The molecule has 21 heavy (non-hydrogen) atoms. The first kappa shape index (κ1) is 13.8. The molecule has 3 rings (SSSR count). The Morgan fingerprint density at radius 2 is 1.81 bits per heavy atom. The van der Waals surface area contributed by atoms with Gasteiger partial charge in [0.2, 0.25) is 0 Å². The van der Waals surface area contributed by atoms with Crippen LogP contribution in [0.15, 0.2) is 64.2 Å². The van der Waals surface area contributed by atoms with Crippen LogP contribution < -0.4 is 5.01 Å². The minimum atomic E-state index is -0.962. The van der Waals surface area contributed by atoms with Crippen molar-refractivity contribution in [1.82, 2.24) is 0 Å². The molecule has 0 bridgehead atoms. The van der Waals surface area contributed by atoms with E-state index < -0.39 is 5.97 Å². The van der Waals surface area contributed by atoms with E-state index in [1.807, 2.05) is 54.6 Å². The number of hydrogen-bond acceptors (Lipinski definition) is 3. The molecule has 0 fully saturated rings. The highest BCUT2D eigenvalue weighted by molar-refractivity contribution is 9.10. The van der Waals surface area contributed by atoms with E-state index in [2.05, 4.69) is 21.0 Å². The molecule has 0 saturated heterocycles. The van der Waals surface area contributed by atoms with Crippen molar-refractivity contribution >= 4 is 33.3 Å². The van der Waals surface area contributed by atoms with Gasteiger partial charge in [0.15, 0.2) is 0 Å². The fourth-order valence-electron chi connectivity index (χ4n) is 2.41. The molecule has 1 heterocycles. The highest BCUT2D eigenvalue weighted by Crippen LogP contribution is 2.35. The monoisotopic (exact) mass is 344 g/mol. The van der Waals surface area contributed by atoms with Crippen LogP contribution in [-0.2, 0) is 4.79 Å². The van der Waals surface area contributed by atoms with Gasteiger partial charge in [-0.15, -0.1) is 0 Å². The third-order valence-corrected chi connectivity index (χ3v) is 3.96. The highest BCUT2D eigenvalue weighted by Gasteiger charge is 2.32. The summed E-state index contributed by atoms with van der Waals surface area (Å²) in [7, 11) is 0. The molecule has 5 heteroatoms. The maximum atomic E-state index is 11.2. The summed E-state index contributed by atoms with van der Waals surface area (Å²) in [6.07, 6.45) is 0.398. The molecule has 2 aromatic carbocycles. The zero-order valence-electron chi connectivity index (χ0n) is 11.1. The fourth-order valence-corrected chi connectivity index (χ4v) is 2.67. The van der Waals surface area contributed by atoms with Gasteiger partial charge in [0.05, 0.1) is 11.7 Å². The van der Waals surface area contributed by atoms with E-state index in [0.29, 0.717) is 6.42 Å². The second kappa shape index (κ2) is 5.69. The van der Waals surface area contributed by atoms with Crippen molar-refractivity contribution < 1.29 is 9.90 Å². The summed E-state index contributed by atoms with van der Waals surface area (Å²) in [5, 5.41) is 15.3.